The van der Waals surface area contributed by atoms with Gasteiger partial charge < -0.3 is 10.1 Å². The zero-order chi connectivity index (χ0) is 14.5. The van der Waals surface area contributed by atoms with E-state index in [9.17, 15) is 0 Å². The van der Waals surface area contributed by atoms with Crippen molar-refractivity contribution in [2.75, 3.05) is 7.11 Å². The minimum Gasteiger partial charge on any atom is -0.497 e. The van der Waals surface area contributed by atoms with Crippen LogP contribution in [0.3, 0.4) is 0 Å². The maximum atomic E-state index is 5.27. The molecule has 0 aliphatic heterocycles. The Morgan fingerprint density at radius 2 is 1.75 bits per heavy atom. The van der Waals surface area contributed by atoms with Crippen molar-refractivity contribution >= 4 is 0 Å². The first-order valence-corrected chi connectivity index (χ1v) is 7.03. The fourth-order valence-corrected chi connectivity index (χ4v) is 2.47. The van der Waals surface area contributed by atoms with Crippen molar-refractivity contribution in [2.45, 2.75) is 33.4 Å². The molecular weight excluding hydrogens is 246 g/mol. The lowest BCUT2D eigenvalue weighted by Crippen LogP contribution is -2.18. The highest BCUT2D eigenvalue weighted by atomic mass is 16.5. The molecule has 2 nitrogen and oxygen atoms in total. The molecule has 0 saturated carbocycles. The van der Waals surface area contributed by atoms with Gasteiger partial charge in [-0.2, -0.15) is 0 Å². The average Bonchev–Trinajstić information content (AvgIpc) is 2.44. The summed E-state index contributed by atoms with van der Waals surface area (Å²) in [4.78, 5) is 0. The van der Waals surface area contributed by atoms with Crippen molar-refractivity contribution in [3.05, 3.63) is 64.7 Å². The van der Waals surface area contributed by atoms with E-state index in [4.69, 9.17) is 4.74 Å². The van der Waals surface area contributed by atoms with Crippen molar-refractivity contribution in [1.29, 1.82) is 0 Å². The van der Waals surface area contributed by atoms with E-state index in [1.807, 2.05) is 12.1 Å². The Labute approximate surface area is 121 Å². The second-order valence-electron chi connectivity index (χ2n) is 5.38. The predicted octanol–water partition coefficient (Wildman–Crippen LogP) is 4.16. The van der Waals surface area contributed by atoms with E-state index >= 15 is 0 Å². The summed E-state index contributed by atoms with van der Waals surface area (Å²) in [5.74, 6) is 0.905. The summed E-state index contributed by atoms with van der Waals surface area (Å²) < 4.78 is 5.27. The molecule has 0 spiro atoms. The quantitative estimate of drug-likeness (QED) is 0.880. The standard InChI is InChI=1S/C18H23NO/c1-13-8-14(2)10-16(9-13)12-19-15(3)17-6-5-7-18(11-17)20-4/h5-11,15,19H,12H2,1-4H3/t15-/m1/s1. The van der Waals surface area contributed by atoms with Gasteiger partial charge in [-0.1, -0.05) is 41.5 Å². The van der Waals surface area contributed by atoms with E-state index in [-0.39, 0.29) is 0 Å². The van der Waals surface area contributed by atoms with Gasteiger partial charge in [0.25, 0.3) is 0 Å². The van der Waals surface area contributed by atoms with Gasteiger partial charge in [-0.3, -0.25) is 0 Å². The minimum absolute atomic E-state index is 0.297. The summed E-state index contributed by atoms with van der Waals surface area (Å²) in [6.07, 6.45) is 0. The molecular formula is C18H23NO. The first-order valence-electron chi connectivity index (χ1n) is 7.03. The van der Waals surface area contributed by atoms with Gasteiger partial charge in [-0.05, 0) is 44.0 Å². The largest absolute Gasteiger partial charge is 0.497 e. The highest BCUT2D eigenvalue weighted by Gasteiger charge is 2.06. The van der Waals surface area contributed by atoms with Crippen LogP contribution in [0.15, 0.2) is 42.5 Å². The van der Waals surface area contributed by atoms with Crippen molar-refractivity contribution in [1.82, 2.24) is 5.32 Å². The van der Waals surface area contributed by atoms with Gasteiger partial charge in [0.05, 0.1) is 7.11 Å². The Morgan fingerprint density at radius 3 is 2.40 bits per heavy atom. The van der Waals surface area contributed by atoms with Crippen LogP contribution in [0.1, 0.15) is 35.2 Å². The molecule has 0 unspecified atom stereocenters. The molecule has 0 aromatic heterocycles. The van der Waals surface area contributed by atoms with Crippen LogP contribution in [-0.4, -0.2) is 7.11 Å². The molecule has 0 fully saturated rings. The molecule has 0 amide bonds. The van der Waals surface area contributed by atoms with Crippen molar-refractivity contribution in [2.24, 2.45) is 0 Å². The third-order valence-corrected chi connectivity index (χ3v) is 3.49. The normalized spacial score (nSPS) is 12.2. The molecule has 0 heterocycles. The van der Waals surface area contributed by atoms with E-state index in [2.05, 4.69) is 56.4 Å². The van der Waals surface area contributed by atoms with E-state index < -0.39 is 0 Å². The lowest BCUT2D eigenvalue weighted by molar-refractivity contribution is 0.413. The van der Waals surface area contributed by atoms with Crippen LogP contribution in [0.5, 0.6) is 5.75 Å². The van der Waals surface area contributed by atoms with Gasteiger partial charge >= 0.3 is 0 Å². The maximum absolute atomic E-state index is 5.27. The number of nitrogens with one attached hydrogen (secondary N) is 1. The van der Waals surface area contributed by atoms with Crippen LogP contribution in [0.25, 0.3) is 0 Å². The summed E-state index contributed by atoms with van der Waals surface area (Å²) in [5, 5.41) is 3.57. The first-order chi connectivity index (χ1) is 9.58. The lowest BCUT2D eigenvalue weighted by atomic mass is 10.1. The van der Waals surface area contributed by atoms with Crippen LogP contribution in [-0.2, 0) is 6.54 Å². The predicted molar refractivity (Wildman–Crippen MR) is 84.2 cm³/mol. The fourth-order valence-electron chi connectivity index (χ4n) is 2.47. The number of methoxy groups -OCH3 is 1. The maximum Gasteiger partial charge on any atom is 0.119 e. The van der Waals surface area contributed by atoms with Gasteiger partial charge in [0.15, 0.2) is 0 Å². The Bertz CT molecular complexity index is 557. The molecule has 0 saturated heterocycles. The minimum atomic E-state index is 0.297. The zero-order valence-corrected chi connectivity index (χ0v) is 12.7. The summed E-state index contributed by atoms with van der Waals surface area (Å²) in [5.41, 5.74) is 5.21. The first kappa shape index (κ1) is 14.6. The fraction of sp³-hybridized carbons (Fsp3) is 0.333. The van der Waals surface area contributed by atoms with Crippen molar-refractivity contribution in [3.8, 4) is 5.75 Å². The molecule has 2 heteroatoms. The van der Waals surface area contributed by atoms with Gasteiger partial charge in [-0.25, -0.2) is 0 Å². The number of hydrogen-bond acceptors (Lipinski definition) is 2. The number of ether oxygens (including phenoxy) is 1. The zero-order valence-electron chi connectivity index (χ0n) is 12.7. The van der Waals surface area contributed by atoms with Gasteiger partial charge in [0, 0.05) is 12.6 Å². The van der Waals surface area contributed by atoms with Gasteiger partial charge in [0.2, 0.25) is 0 Å². The van der Waals surface area contributed by atoms with Crippen LogP contribution >= 0.6 is 0 Å². The van der Waals surface area contributed by atoms with Crippen LogP contribution in [0.4, 0.5) is 0 Å². The molecule has 106 valence electrons. The lowest BCUT2D eigenvalue weighted by Gasteiger charge is -2.15. The third kappa shape index (κ3) is 3.84. The highest BCUT2D eigenvalue weighted by Crippen LogP contribution is 2.19. The summed E-state index contributed by atoms with van der Waals surface area (Å²) in [7, 11) is 1.70. The Morgan fingerprint density at radius 1 is 1.05 bits per heavy atom. The summed E-state index contributed by atoms with van der Waals surface area (Å²) in [6, 6.07) is 15.2. The number of aryl methyl sites for hydroxylation is 2. The SMILES string of the molecule is COc1cccc([C@@H](C)NCc2cc(C)cc(C)c2)c1. The average molecular weight is 269 g/mol. The van der Waals surface area contributed by atoms with Gasteiger partial charge in [0.1, 0.15) is 5.75 Å². The number of hydrogen-bond donors (Lipinski definition) is 1. The molecule has 0 bridgehead atoms. The highest BCUT2D eigenvalue weighted by molar-refractivity contribution is 5.31. The molecule has 2 aromatic carbocycles. The molecule has 0 radical (unpaired) electrons. The van der Waals surface area contributed by atoms with E-state index in [0.29, 0.717) is 6.04 Å². The summed E-state index contributed by atoms with van der Waals surface area (Å²) >= 11 is 0. The topological polar surface area (TPSA) is 21.3 Å². The van der Waals surface area contributed by atoms with Crippen molar-refractivity contribution in [3.63, 3.8) is 0 Å². The molecule has 0 aliphatic carbocycles. The molecule has 0 aliphatic rings. The Kier molecular flexibility index (Phi) is 4.80. The van der Waals surface area contributed by atoms with E-state index in [0.717, 1.165) is 12.3 Å². The summed E-state index contributed by atoms with van der Waals surface area (Å²) in [6.45, 7) is 7.34. The second-order valence-corrected chi connectivity index (χ2v) is 5.38. The van der Waals surface area contributed by atoms with E-state index in [1.165, 1.54) is 22.3 Å². The number of rotatable bonds is 5. The third-order valence-electron chi connectivity index (χ3n) is 3.49. The smallest absolute Gasteiger partial charge is 0.119 e. The Hall–Kier alpha value is -1.80. The van der Waals surface area contributed by atoms with Crippen LogP contribution in [0, 0.1) is 13.8 Å². The molecule has 20 heavy (non-hydrogen) atoms. The molecule has 2 rings (SSSR count). The monoisotopic (exact) mass is 269 g/mol. The van der Waals surface area contributed by atoms with Crippen molar-refractivity contribution < 1.29 is 4.74 Å². The molecule has 1 N–H and O–H groups in total. The Balaban J connectivity index is 2.02. The molecule has 2 aromatic rings. The van der Waals surface area contributed by atoms with Gasteiger partial charge in [-0.15, -0.1) is 0 Å². The van der Waals surface area contributed by atoms with Crippen LogP contribution < -0.4 is 10.1 Å². The second kappa shape index (κ2) is 6.58. The number of benzene rings is 2. The van der Waals surface area contributed by atoms with E-state index in [1.54, 1.807) is 7.11 Å². The van der Waals surface area contributed by atoms with Crippen LogP contribution in [0.2, 0.25) is 0 Å². The molecule has 1 atom stereocenters.